The normalized spacial score (nSPS) is 45.0. The van der Waals surface area contributed by atoms with Crippen molar-refractivity contribution < 1.29 is 9.90 Å². The van der Waals surface area contributed by atoms with Crippen LogP contribution in [-0.2, 0) is 4.79 Å². The molecule has 2 nitrogen and oxygen atoms in total. The predicted molar refractivity (Wildman–Crippen MR) is 90.6 cm³/mol. The molecule has 0 radical (unpaired) electrons. The van der Waals surface area contributed by atoms with Gasteiger partial charge < -0.3 is 5.11 Å². The van der Waals surface area contributed by atoms with Crippen LogP contribution < -0.4 is 0 Å². The van der Waals surface area contributed by atoms with Crippen LogP contribution in [0.3, 0.4) is 0 Å². The van der Waals surface area contributed by atoms with Gasteiger partial charge in [-0.25, -0.2) is 0 Å². The first-order valence-electron chi connectivity index (χ1n) is 8.75. The molecule has 1 fully saturated rings. The summed E-state index contributed by atoms with van der Waals surface area (Å²) in [6.07, 6.45) is 10.7. The van der Waals surface area contributed by atoms with Crippen molar-refractivity contribution in [2.24, 2.45) is 23.2 Å². The summed E-state index contributed by atoms with van der Waals surface area (Å²) in [5.41, 5.74) is 1.68. The zero-order valence-electron chi connectivity index (χ0n) is 13.6. The Kier molecular flexibility index (Phi) is 3.52. The number of carbonyl (C=O) groups excluding carboxylic acids is 1. The number of ketones is 1. The summed E-state index contributed by atoms with van der Waals surface area (Å²) in [5.74, 6) is 4.79. The minimum atomic E-state index is -1.10. The predicted octanol–water partition coefficient (Wildman–Crippen LogP) is 3.98. The van der Waals surface area contributed by atoms with Crippen molar-refractivity contribution in [3.8, 4) is 11.3 Å². The summed E-state index contributed by atoms with van der Waals surface area (Å²) in [6, 6.07) is 0. The highest BCUT2D eigenvalue weighted by atomic mass is 35.5. The highest BCUT2D eigenvalue weighted by Crippen LogP contribution is 2.61. The molecule has 4 aliphatic carbocycles. The maximum absolute atomic E-state index is 11.8. The number of halogens is 1. The quantitative estimate of drug-likeness (QED) is 0.539. The average molecular weight is 331 g/mol. The summed E-state index contributed by atoms with van der Waals surface area (Å²) < 4.78 is 0. The van der Waals surface area contributed by atoms with Crippen molar-refractivity contribution in [2.75, 3.05) is 0 Å². The molecular formula is C20H23ClO2. The molecule has 0 aromatic rings. The molecule has 0 aromatic carbocycles. The Morgan fingerprint density at radius 1 is 1.30 bits per heavy atom. The fraction of sp³-hybridized carbons (Fsp3) is 0.650. The van der Waals surface area contributed by atoms with Crippen LogP contribution in [0.4, 0.5) is 0 Å². The zero-order chi connectivity index (χ0) is 16.2. The molecule has 1 N–H and O–H groups in total. The fourth-order valence-corrected chi connectivity index (χ4v) is 5.93. The second kappa shape index (κ2) is 5.23. The first-order chi connectivity index (χ1) is 11.0. The topological polar surface area (TPSA) is 37.3 Å². The molecule has 122 valence electrons. The van der Waals surface area contributed by atoms with E-state index in [1.165, 1.54) is 5.57 Å². The monoisotopic (exact) mass is 330 g/mol. The van der Waals surface area contributed by atoms with Gasteiger partial charge in [0.2, 0.25) is 0 Å². The summed E-state index contributed by atoms with van der Waals surface area (Å²) in [7, 11) is 0. The Hall–Kier alpha value is -1.04. The summed E-state index contributed by atoms with van der Waals surface area (Å²) in [4.78, 5) is 11.8. The lowest BCUT2D eigenvalue weighted by Gasteiger charge is -2.53. The first-order valence-corrected chi connectivity index (χ1v) is 9.13. The molecule has 4 aliphatic rings. The molecule has 3 heteroatoms. The molecule has 0 bridgehead atoms. The van der Waals surface area contributed by atoms with Crippen molar-refractivity contribution in [3.05, 3.63) is 23.3 Å². The fourth-order valence-electron chi connectivity index (χ4n) is 5.79. The molecule has 4 rings (SSSR count). The number of hydrogen-bond acceptors (Lipinski definition) is 2. The molecule has 0 heterocycles. The van der Waals surface area contributed by atoms with Crippen molar-refractivity contribution in [3.63, 3.8) is 0 Å². The van der Waals surface area contributed by atoms with Crippen LogP contribution in [0.5, 0.6) is 0 Å². The number of carbonyl (C=O) groups is 1. The number of rotatable bonds is 0. The molecular weight excluding hydrogens is 308 g/mol. The third-order valence-electron chi connectivity index (χ3n) is 7.11. The smallest absolute Gasteiger partial charge is 0.151 e. The van der Waals surface area contributed by atoms with Gasteiger partial charge in [0.05, 0.1) is 0 Å². The van der Waals surface area contributed by atoms with E-state index in [-0.39, 0.29) is 5.41 Å². The third kappa shape index (κ3) is 2.10. The van der Waals surface area contributed by atoms with Crippen LogP contribution >= 0.6 is 11.6 Å². The van der Waals surface area contributed by atoms with Gasteiger partial charge in [0.1, 0.15) is 5.78 Å². The van der Waals surface area contributed by atoms with Crippen molar-refractivity contribution in [2.45, 2.75) is 57.5 Å². The van der Waals surface area contributed by atoms with E-state index in [0.717, 1.165) is 38.5 Å². The van der Waals surface area contributed by atoms with E-state index in [2.05, 4.69) is 24.3 Å². The Morgan fingerprint density at radius 3 is 2.91 bits per heavy atom. The maximum Gasteiger partial charge on any atom is 0.151 e. The average Bonchev–Trinajstić information content (AvgIpc) is 2.79. The number of hydrogen-bond donors (Lipinski definition) is 1. The Morgan fingerprint density at radius 2 is 2.13 bits per heavy atom. The van der Waals surface area contributed by atoms with Crippen LogP contribution in [-0.4, -0.2) is 16.5 Å². The molecule has 23 heavy (non-hydrogen) atoms. The second-order valence-corrected chi connectivity index (χ2v) is 8.17. The molecule has 0 amide bonds. The van der Waals surface area contributed by atoms with Gasteiger partial charge in [-0.2, -0.15) is 0 Å². The zero-order valence-corrected chi connectivity index (χ0v) is 14.3. The summed E-state index contributed by atoms with van der Waals surface area (Å²) >= 11 is 5.61. The highest BCUT2D eigenvalue weighted by Gasteiger charge is 2.59. The van der Waals surface area contributed by atoms with Gasteiger partial charge in [-0.3, -0.25) is 4.79 Å². The largest absolute Gasteiger partial charge is 0.373 e. The molecule has 1 saturated carbocycles. The van der Waals surface area contributed by atoms with Crippen LogP contribution in [0.15, 0.2) is 23.3 Å². The number of Topliss-reactive ketones (excluding diaryl/α,β-unsaturated/α-hetero) is 1. The standard InChI is InChI=1S/C20H23ClO2/c1-19-8-6-16-15-5-3-14(22)12-13(15)2-4-17(16)18(19)7-9-20(19,23)10-11-21/h7,9,16-18,23H,2-6,8,12H2,1H3/t16-,17-,18+,19+,20+/m1/s1. The van der Waals surface area contributed by atoms with Gasteiger partial charge in [-0.1, -0.05) is 24.1 Å². The van der Waals surface area contributed by atoms with Crippen LogP contribution in [0, 0.1) is 34.5 Å². The summed E-state index contributed by atoms with van der Waals surface area (Å²) in [6.45, 7) is 2.17. The molecule has 0 aromatic heterocycles. The van der Waals surface area contributed by atoms with Crippen molar-refractivity contribution in [1.82, 2.24) is 0 Å². The van der Waals surface area contributed by atoms with Crippen LogP contribution in [0.25, 0.3) is 0 Å². The molecule has 0 spiro atoms. The van der Waals surface area contributed by atoms with Gasteiger partial charge in [0, 0.05) is 23.6 Å². The minimum absolute atomic E-state index is 0.237. The Bertz CT molecular complexity index is 679. The van der Waals surface area contributed by atoms with E-state index in [0.29, 0.717) is 30.0 Å². The lowest BCUT2D eigenvalue weighted by Crippen LogP contribution is -2.51. The Labute approximate surface area is 143 Å². The second-order valence-electron chi connectivity index (χ2n) is 7.98. The molecule has 0 saturated heterocycles. The minimum Gasteiger partial charge on any atom is -0.373 e. The van der Waals surface area contributed by atoms with Crippen LogP contribution in [0.2, 0.25) is 0 Å². The maximum atomic E-state index is 11.8. The van der Waals surface area contributed by atoms with Crippen LogP contribution in [0.1, 0.15) is 51.9 Å². The van der Waals surface area contributed by atoms with Gasteiger partial charge in [0.25, 0.3) is 0 Å². The van der Waals surface area contributed by atoms with E-state index in [1.807, 2.05) is 6.08 Å². The van der Waals surface area contributed by atoms with Crippen molar-refractivity contribution >= 4 is 17.4 Å². The van der Waals surface area contributed by atoms with Gasteiger partial charge in [0.15, 0.2) is 5.60 Å². The SMILES string of the molecule is C[C@]12CC[C@@H]3C4=C(CC[C@H]3[C@@H]1C=C[C@]2(O)C#CCl)CC(=O)CC4. The Balaban J connectivity index is 1.68. The van der Waals surface area contributed by atoms with E-state index in [4.69, 9.17) is 11.6 Å². The summed E-state index contributed by atoms with van der Waals surface area (Å²) in [5, 5.41) is 13.4. The van der Waals surface area contributed by atoms with E-state index in [9.17, 15) is 9.90 Å². The van der Waals surface area contributed by atoms with E-state index in [1.54, 1.807) is 5.57 Å². The third-order valence-corrected chi connectivity index (χ3v) is 7.20. The van der Waals surface area contributed by atoms with Crippen molar-refractivity contribution in [1.29, 1.82) is 0 Å². The lowest BCUT2D eigenvalue weighted by atomic mass is 9.52. The van der Waals surface area contributed by atoms with Gasteiger partial charge in [-0.05, 0) is 73.5 Å². The van der Waals surface area contributed by atoms with E-state index >= 15 is 0 Å². The molecule has 5 atom stereocenters. The number of allylic oxidation sites excluding steroid dienone is 3. The van der Waals surface area contributed by atoms with Gasteiger partial charge >= 0.3 is 0 Å². The number of aliphatic hydroxyl groups is 1. The highest BCUT2D eigenvalue weighted by molar-refractivity contribution is 6.30. The number of fused-ring (bicyclic) bond motifs is 4. The lowest BCUT2D eigenvalue weighted by molar-refractivity contribution is -0.119. The molecule has 0 unspecified atom stereocenters. The molecule has 0 aliphatic heterocycles. The van der Waals surface area contributed by atoms with E-state index < -0.39 is 5.60 Å². The first kappa shape index (κ1) is 15.5. The van der Waals surface area contributed by atoms with Gasteiger partial charge in [-0.15, -0.1) is 0 Å².